The maximum absolute atomic E-state index is 0. The Labute approximate surface area is 126 Å². The third kappa shape index (κ3) is 9.36. The molecule has 0 aliphatic carbocycles. The summed E-state index contributed by atoms with van der Waals surface area (Å²) in [6.45, 7) is 0. The van der Waals surface area contributed by atoms with E-state index in [9.17, 15) is 0 Å². The Morgan fingerprint density at radius 2 is 0.750 bits per heavy atom. The molecule has 0 aliphatic heterocycles. The fourth-order valence-electron chi connectivity index (χ4n) is 0. The quantitative estimate of drug-likeness (QED) is 0.297. The summed E-state index contributed by atoms with van der Waals surface area (Å²) in [5.74, 6) is 0. The van der Waals surface area contributed by atoms with Gasteiger partial charge in [-0.05, 0) is 0 Å². The first-order valence-electron chi connectivity index (χ1n) is 0. The maximum atomic E-state index is 0. The van der Waals surface area contributed by atoms with Crippen LogP contribution in [0, 0.1) is 0 Å². The molecule has 0 aromatic rings. The van der Waals surface area contributed by atoms with Gasteiger partial charge in [-0.25, -0.2) is 0 Å². The Morgan fingerprint density at radius 1 is 0.750 bits per heavy atom. The molecule has 0 atom stereocenters. The van der Waals surface area contributed by atoms with Gasteiger partial charge in [-0.1, -0.05) is 0 Å². The van der Waals surface area contributed by atoms with E-state index in [1.807, 2.05) is 0 Å². The molecule has 0 nitrogen and oxygen atoms in total. The van der Waals surface area contributed by atoms with Crippen LogP contribution in [0.2, 0.25) is 0 Å². The average molecular weight is 144 g/mol. The largest absolute Gasteiger partial charge is 2.00 e. The number of hydrogen-bond donors (Lipinski definition) is 0. The van der Waals surface area contributed by atoms with Gasteiger partial charge in [0.2, 0.25) is 0 Å². The predicted molar refractivity (Wildman–Crippen MR) is 17.7 cm³/mol. The van der Waals surface area contributed by atoms with Crippen molar-refractivity contribution in [2.24, 2.45) is 0 Å². The second kappa shape index (κ2) is 15.8. The van der Waals surface area contributed by atoms with E-state index in [1.165, 1.54) is 0 Å². The fraction of sp³-hybridized carbons (Fsp3) is 0. The van der Waals surface area contributed by atoms with Gasteiger partial charge in [-0.3, -0.25) is 0 Å². The van der Waals surface area contributed by atoms with Crippen molar-refractivity contribution in [3.05, 3.63) is 0 Å². The normalized spacial score (nSPS) is 0. The molecule has 0 heterocycles. The third-order valence-corrected chi connectivity index (χ3v) is 0. The van der Waals surface area contributed by atoms with Crippen LogP contribution in [-0.4, -0.2) is 0 Å². The first kappa shape index (κ1) is 24.6. The van der Waals surface area contributed by atoms with Crippen LogP contribution in [0.5, 0.6) is 0 Å². The molecule has 0 aromatic heterocycles. The SMILES string of the molecule is S.[K+].[K+].[S-2]. The van der Waals surface area contributed by atoms with Crippen molar-refractivity contribution < 1.29 is 103 Å². The van der Waals surface area contributed by atoms with E-state index < -0.39 is 0 Å². The van der Waals surface area contributed by atoms with E-state index in [4.69, 9.17) is 0 Å². The van der Waals surface area contributed by atoms with Crippen molar-refractivity contribution in [1.82, 2.24) is 0 Å². The molecule has 0 unspecified atom stereocenters. The Bertz CT molecular complexity index is 4.00. The molecule has 0 bridgehead atoms. The second-order valence-electron chi connectivity index (χ2n) is 0. The van der Waals surface area contributed by atoms with Crippen LogP contribution >= 0.6 is 13.5 Å². The molecule has 4 heavy (non-hydrogen) atoms. The van der Waals surface area contributed by atoms with Crippen LogP contribution in [0.3, 0.4) is 0 Å². The van der Waals surface area contributed by atoms with Crippen molar-refractivity contribution in [1.29, 1.82) is 0 Å². The van der Waals surface area contributed by atoms with Crippen LogP contribution in [0.25, 0.3) is 0 Å². The monoisotopic (exact) mass is 144 g/mol. The summed E-state index contributed by atoms with van der Waals surface area (Å²) >= 11 is 0. The molecule has 0 aliphatic rings. The van der Waals surface area contributed by atoms with Gasteiger partial charge in [0.25, 0.3) is 0 Å². The van der Waals surface area contributed by atoms with Crippen LogP contribution in [0.15, 0.2) is 0 Å². The van der Waals surface area contributed by atoms with Gasteiger partial charge < -0.3 is 13.5 Å². The zero-order chi connectivity index (χ0) is 0. The van der Waals surface area contributed by atoms with Gasteiger partial charge in [0.05, 0.1) is 0 Å². The summed E-state index contributed by atoms with van der Waals surface area (Å²) in [6, 6.07) is 0. The van der Waals surface area contributed by atoms with E-state index >= 15 is 0 Å². The summed E-state index contributed by atoms with van der Waals surface area (Å²) in [5, 5.41) is 0. The smallest absolute Gasteiger partial charge is 1.00 e. The minimum Gasteiger partial charge on any atom is -2.00 e. The van der Waals surface area contributed by atoms with Crippen LogP contribution in [0.4, 0.5) is 0 Å². The Kier molecular flexibility index (Phi) is 96.8. The zero-order valence-corrected chi connectivity index (χ0v) is 11.0. The maximum Gasteiger partial charge on any atom is 1.00 e. The van der Waals surface area contributed by atoms with Gasteiger partial charge in [0.1, 0.15) is 0 Å². The summed E-state index contributed by atoms with van der Waals surface area (Å²) in [5.41, 5.74) is 0. The van der Waals surface area contributed by atoms with Crippen molar-refractivity contribution in [2.45, 2.75) is 0 Å². The molecule has 16 valence electrons. The van der Waals surface area contributed by atoms with Gasteiger partial charge >= 0.3 is 103 Å². The van der Waals surface area contributed by atoms with E-state index in [0.29, 0.717) is 0 Å². The summed E-state index contributed by atoms with van der Waals surface area (Å²) < 4.78 is 0. The predicted octanol–water partition coefficient (Wildman–Crippen LogP) is -5.88. The van der Waals surface area contributed by atoms with Gasteiger partial charge in [0, 0.05) is 0 Å². The van der Waals surface area contributed by atoms with Crippen molar-refractivity contribution in [3.8, 4) is 0 Å². The molecule has 0 amide bonds. The van der Waals surface area contributed by atoms with Gasteiger partial charge in [-0.15, -0.1) is 0 Å². The van der Waals surface area contributed by atoms with E-state index in [-0.39, 0.29) is 130 Å². The first-order chi connectivity index (χ1) is 0. The summed E-state index contributed by atoms with van der Waals surface area (Å²) in [6.07, 6.45) is 0. The molecule has 4 heteroatoms. The molecular formula is H2K2S2. The number of hydrogen-bond acceptors (Lipinski definition) is 0. The Balaban J connectivity index is 0. The minimum absolute atomic E-state index is 0. The van der Waals surface area contributed by atoms with Crippen molar-refractivity contribution in [2.75, 3.05) is 0 Å². The molecule has 0 spiro atoms. The van der Waals surface area contributed by atoms with Crippen LogP contribution in [-0.2, 0) is 13.5 Å². The molecule has 0 fully saturated rings. The van der Waals surface area contributed by atoms with Crippen LogP contribution in [0.1, 0.15) is 0 Å². The standard InChI is InChI=1S/2K.H2S.S/h;;1H2;/q2*+1;;-2. The molecule has 0 N–H and O–H groups in total. The van der Waals surface area contributed by atoms with Gasteiger partial charge in [0.15, 0.2) is 0 Å². The molecule has 0 saturated heterocycles. The van der Waals surface area contributed by atoms with E-state index in [2.05, 4.69) is 0 Å². The Morgan fingerprint density at radius 3 is 0.750 bits per heavy atom. The summed E-state index contributed by atoms with van der Waals surface area (Å²) in [4.78, 5) is 0. The first-order valence-corrected chi connectivity index (χ1v) is 0. The summed E-state index contributed by atoms with van der Waals surface area (Å²) in [7, 11) is 0. The molecule has 0 saturated carbocycles. The van der Waals surface area contributed by atoms with Crippen molar-refractivity contribution >= 4 is 27.0 Å². The van der Waals surface area contributed by atoms with E-state index in [1.54, 1.807) is 0 Å². The topological polar surface area (TPSA) is 0 Å². The molecular weight excluding hydrogens is 142 g/mol. The second-order valence-corrected chi connectivity index (χ2v) is 0. The fourth-order valence-corrected chi connectivity index (χ4v) is 0. The average Bonchev–Trinajstić information content (AvgIpc) is 0. The van der Waals surface area contributed by atoms with Crippen molar-refractivity contribution in [3.63, 3.8) is 0 Å². The zero-order valence-electron chi connectivity index (χ0n) is 2.91. The van der Waals surface area contributed by atoms with E-state index in [0.717, 1.165) is 0 Å². The molecule has 0 aromatic carbocycles. The number of rotatable bonds is 0. The Hall–Kier alpha value is 3.97. The van der Waals surface area contributed by atoms with Crippen LogP contribution < -0.4 is 103 Å². The molecule has 0 radical (unpaired) electrons. The van der Waals surface area contributed by atoms with Gasteiger partial charge in [-0.2, -0.15) is 13.5 Å². The third-order valence-electron chi connectivity index (χ3n) is 0. The molecule has 0 rings (SSSR count). The minimum atomic E-state index is 0.